The predicted octanol–water partition coefficient (Wildman–Crippen LogP) is 4.60. The molecule has 1 atom stereocenters. The van der Waals surface area contributed by atoms with Crippen molar-refractivity contribution in [2.45, 2.75) is 57.8 Å². The lowest BCUT2D eigenvalue weighted by Crippen LogP contribution is -2.49. The highest BCUT2D eigenvalue weighted by molar-refractivity contribution is 5.86. The van der Waals surface area contributed by atoms with Crippen LogP contribution < -0.4 is 15.5 Å². The molecule has 0 radical (unpaired) electrons. The second-order valence-corrected chi connectivity index (χ2v) is 8.53. The van der Waals surface area contributed by atoms with Crippen molar-refractivity contribution < 1.29 is 14.3 Å². The summed E-state index contributed by atoms with van der Waals surface area (Å²) in [6.07, 6.45) is 4.75. The number of nitrogens with zero attached hydrogens (tertiary/aromatic N) is 1. The molecule has 6 heteroatoms. The molecule has 4 rings (SSSR count). The van der Waals surface area contributed by atoms with Crippen LogP contribution in [0.5, 0.6) is 0 Å². The van der Waals surface area contributed by atoms with Crippen LogP contribution in [-0.4, -0.2) is 17.3 Å². The van der Waals surface area contributed by atoms with Crippen molar-refractivity contribution in [1.82, 2.24) is 5.32 Å². The Kier molecular flexibility index (Phi) is 5.21. The predicted molar refractivity (Wildman–Crippen MR) is 112 cm³/mol. The number of rotatable bonds is 4. The Hall–Kier alpha value is -2.60. The smallest absolute Gasteiger partial charge is 0.226 e. The summed E-state index contributed by atoms with van der Waals surface area (Å²) < 4.78 is 13.5. The molecule has 2 aromatic rings. The minimum Gasteiger partial charge on any atom is -0.386 e. The number of carbonyl (C=O) groups excluding carboxylic acids is 1. The quantitative estimate of drug-likeness (QED) is 0.706. The molecule has 5 nitrogen and oxygen atoms in total. The van der Waals surface area contributed by atoms with Crippen LogP contribution >= 0.6 is 0 Å². The average molecular weight is 397 g/mol. The summed E-state index contributed by atoms with van der Waals surface area (Å²) >= 11 is 0. The van der Waals surface area contributed by atoms with Crippen molar-refractivity contribution in [3.63, 3.8) is 0 Å². The van der Waals surface area contributed by atoms with Crippen LogP contribution in [0.25, 0.3) is 0 Å². The van der Waals surface area contributed by atoms with E-state index in [9.17, 15) is 14.3 Å². The molecule has 2 aromatic carbocycles. The second kappa shape index (κ2) is 7.67. The minimum atomic E-state index is -0.993. The van der Waals surface area contributed by atoms with Crippen LogP contribution in [0.4, 0.5) is 21.5 Å². The Morgan fingerprint density at radius 3 is 2.48 bits per heavy atom. The Balaban J connectivity index is 1.67. The van der Waals surface area contributed by atoms with Gasteiger partial charge in [-0.15, -0.1) is 0 Å². The Bertz CT molecular complexity index is 886. The van der Waals surface area contributed by atoms with E-state index in [2.05, 4.69) is 10.6 Å². The van der Waals surface area contributed by atoms with Crippen LogP contribution in [0, 0.1) is 11.7 Å². The van der Waals surface area contributed by atoms with Crippen LogP contribution in [0.1, 0.15) is 51.5 Å². The van der Waals surface area contributed by atoms with Gasteiger partial charge < -0.3 is 20.6 Å². The third-order valence-electron chi connectivity index (χ3n) is 5.87. The average Bonchev–Trinajstić information content (AvgIpc) is 3.05. The molecule has 1 aliphatic carbocycles. The maximum absolute atomic E-state index is 13.5. The third-order valence-corrected chi connectivity index (χ3v) is 5.87. The highest BCUT2D eigenvalue weighted by atomic mass is 19.1. The zero-order chi connectivity index (χ0) is 20.6. The van der Waals surface area contributed by atoms with Crippen LogP contribution in [0.2, 0.25) is 0 Å². The highest BCUT2D eigenvalue weighted by Gasteiger charge is 2.34. The molecule has 1 unspecified atom stereocenters. The topological polar surface area (TPSA) is 64.6 Å². The van der Waals surface area contributed by atoms with E-state index in [-0.39, 0.29) is 17.6 Å². The molecule has 1 heterocycles. The molecule has 3 N–H and O–H groups in total. The summed E-state index contributed by atoms with van der Waals surface area (Å²) in [5.74, 6) is -0.227. The minimum absolute atomic E-state index is 0.0382. The number of fused-ring (bicyclic) bond motifs is 1. The summed E-state index contributed by atoms with van der Waals surface area (Å²) in [5.41, 5.74) is 2.23. The lowest BCUT2D eigenvalue weighted by Gasteiger charge is -2.30. The van der Waals surface area contributed by atoms with Gasteiger partial charge in [0.25, 0.3) is 0 Å². The van der Waals surface area contributed by atoms with Gasteiger partial charge in [-0.25, -0.2) is 4.39 Å². The van der Waals surface area contributed by atoms with Gasteiger partial charge in [0.05, 0.1) is 17.0 Å². The molecule has 0 spiro atoms. The molecule has 1 amide bonds. The number of benzene rings is 2. The standard InChI is InChI=1S/C23H28FN3O2/c1-23(2,29)16-8-13-19-20(14-16)27(18-11-9-17(24)10-12-18)22(25-19)26-21(28)15-6-4-3-5-7-15/h8-15,22,25,29H,3-7H2,1-2H3,(H,26,28). The highest BCUT2D eigenvalue weighted by Crippen LogP contribution is 2.41. The van der Waals surface area contributed by atoms with Gasteiger partial charge in [-0.05, 0) is 68.7 Å². The van der Waals surface area contributed by atoms with Crippen LogP contribution in [0.15, 0.2) is 42.5 Å². The fourth-order valence-electron chi connectivity index (χ4n) is 4.19. The van der Waals surface area contributed by atoms with E-state index in [0.29, 0.717) is 0 Å². The van der Waals surface area contributed by atoms with Crippen molar-refractivity contribution in [2.24, 2.45) is 5.92 Å². The molecule has 1 saturated carbocycles. The fraction of sp³-hybridized carbons (Fsp3) is 0.435. The normalized spacial score (nSPS) is 19.6. The molecule has 0 bridgehead atoms. The first-order valence-corrected chi connectivity index (χ1v) is 10.3. The summed E-state index contributed by atoms with van der Waals surface area (Å²) in [6.45, 7) is 3.48. The number of aliphatic hydroxyl groups is 1. The van der Waals surface area contributed by atoms with Gasteiger partial charge in [0.15, 0.2) is 6.29 Å². The molecule has 154 valence electrons. The molecule has 0 saturated heterocycles. The van der Waals surface area contributed by atoms with E-state index >= 15 is 0 Å². The number of halogens is 1. The SMILES string of the molecule is CC(C)(O)c1ccc2c(c1)N(c1ccc(F)cc1)C(NC(=O)C1CCCCC1)N2. The zero-order valence-corrected chi connectivity index (χ0v) is 16.9. The lowest BCUT2D eigenvalue weighted by atomic mass is 9.89. The van der Waals surface area contributed by atoms with E-state index in [1.54, 1.807) is 26.0 Å². The van der Waals surface area contributed by atoms with E-state index < -0.39 is 11.9 Å². The largest absolute Gasteiger partial charge is 0.386 e. The second-order valence-electron chi connectivity index (χ2n) is 8.53. The molecular formula is C23H28FN3O2. The molecule has 0 aromatic heterocycles. The van der Waals surface area contributed by atoms with Gasteiger partial charge in [0.2, 0.25) is 5.91 Å². The number of amides is 1. The zero-order valence-electron chi connectivity index (χ0n) is 16.9. The Morgan fingerprint density at radius 2 is 1.83 bits per heavy atom. The molecule has 1 aliphatic heterocycles. The van der Waals surface area contributed by atoms with Gasteiger partial charge in [-0.3, -0.25) is 4.79 Å². The van der Waals surface area contributed by atoms with Gasteiger partial charge in [0.1, 0.15) is 5.82 Å². The van der Waals surface area contributed by atoms with Crippen LogP contribution in [0.3, 0.4) is 0 Å². The summed E-state index contributed by atoms with van der Waals surface area (Å²) in [5, 5.41) is 16.9. The number of hydrogen-bond donors (Lipinski definition) is 3. The van der Waals surface area contributed by atoms with E-state index in [4.69, 9.17) is 0 Å². The number of anilines is 3. The van der Waals surface area contributed by atoms with Crippen molar-refractivity contribution >= 4 is 23.0 Å². The molecular weight excluding hydrogens is 369 g/mol. The van der Waals surface area contributed by atoms with E-state index in [1.807, 2.05) is 23.1 Å². The molecule has 29 heavy (non-hydrogen) atoms. The number of hydrogen-bond acceptors (Lipinski definition) is 4. The van der Waals surface area contributed by atoms with Crippen molar-refractivity contribution in [3.05, 3.63) is 53.8 Å². The van der Waals surface area contributed by atoms with E-state index in [0.717, 1.165) is 48.3 Å². The molecule has 1 fully saturated rings. The summed E-state index contributed by atoms with van der Waals surface area (Å²) in [7, 11) is 0. The Morgan fingerprint density at radius 1 is 1.14 bits per heavy atom. The van der Waals surface area contributed by atoms with Crippen molar-refractivity contribution in [1.29, 1.82) is 0 Å². The summed E-state index contributed by atoms with van der Waals surface area (Å²) in [6, 6.07) is 11.9. The fourth-order valence-corrected chi connectivity index (χ4v) is 4.19. The van der Waals surface area contributed by atoms with E-state index in [1.165, 1.54) is 18.6 Å². The van der Waals surface area contributed by atoms with Gasteiger partial charge in [-0.1, -0.05) is 25.3 Å². The molecule has 2 aliphatic rings. The maximum Gasteiger partial charge on any atom is 0.226 e. The lowest BCUT2D eigenvalue weighted by molar-refractivity contribution is -0.126. The third kappa shape index (κ3) is 4.08. The number of nitrogens with one attached hydrogen (secondary N) is 2. The first kappa shape index (κ1) is 19.7. The van der Waals surface area contributed by atoms with Crippen molar-refractivity contribution in [3.8, 4) is 0 Å². The van der Waals surface area contributed by atoms with Crippen molar-refractivity contribution in [2.75, 3.05) is 10.2 Å². The first-order valence-electron chi connectivity index (χ1n) is 10.3. The number of carbonyl (C=O) groups is 1. The van der Waals surface area contributed by atoms with Gasteiger partial charge in [-0.2, -0.15) is 0 Å². The van der Waals surface area contributed by atoms with Crippen LogP contribution in [-0.2, 0) is 10.4 Å². The van der Waals surface area contributed by atoms with Gasteiger partial charge in [0, 0.05) is 11.6 Å². The Labute approximate surface area is 170 Å². The first-order chi connectivity index (χ1) is 13.8. The van der Waals surface area contributed by atoms with Gasteiger partial charge >= 0.3 is 0 Å². The maximum atomic E-state index is 13.5. The monoisotopic (exact) mass is 397 g/mol. The summed E-state index contributed by atoms with van der Waals surface area (Å²) in [4.78, 5) is 14.8.